The number of rotatable bonds is 3. The van der Waals surface area contributed by atoms with Crippen LogP contribution in [-0.4, -0.2) is 14.2 Å². The molecule has 1 aromatic carbocycles. The topological polar surface area (TPSA) is 66.8 Å². The van der Waals surface area contributed by atoms with Gasteiger partial charge in [0.2, 0.25) is 0 Å². The van der Waals surface area contributed by atoms with E-state index in [-0.39, 0.29) is 5.75 Å². The fraction of sp³-hybridized carbons (Fsp3) is 0.200. The lowest BCUT2D eigenvalue weighted by molar-refractivity contribution is 0.606. The summed E-state index contributed by atoms with van der Waals surface area (Å²) in [5.41, 5.74) is 0.988. The van der Waals surface area contributed by atoms with Gasteiger partial charge < -0.3 is 0 Å². The van der Waals surface area contributed by atoms with Gasteiger partial charge >= 0.3 is 0 Å². The molecule has 0 bridgehead atoms. The largest absolute Gasteiger partial charge is 0.224 e. The van der Waals surface area contributed by atoms with Crippen molar-refractivity contribution in [1.29, 1.82) is 0 Å². The minimum atomic E-state index is -3.16. The van der Waals surface area contributed by atoms with E-state index >= 15 is 0 Å². The van der Waals surface area contributed by atoms with Crippen LogP contribution in [0.2, 0.25) is 0 Å². The van der Waals surface area contributed by atoms with Crippen molar-refractivity contribution in [3.8, 4) is 0 Å². The van der Waals surface area contributed by atoms with Gasteiger partial charge in [-0.15, -0.1) is 4.91 Å². The Morgan fingerprint density at radius 2 is 1.88 bits per heavy atom. The minimum absolute atomic E-state index is 0.0428. The van der Waals surface area contributed by atoms with E-state index in [1.165, 1.54) is 0 Å². The number of hydrogen-bond donors (Lipinski definition) is 0. The third-order valence-corrected chi connectivity index (χ3v) is 3.72. The molecule has 1 heterocycles. The van der Waals surface area contributed by atoms with E-state index < -0.39 is 9.84 Å². The summed E-state index contributed by atoms with van der Waals surface area (Å²) < 4.78 is 22.5. The van der Waals surface area contributed by atoms with Gasteiger partial charge in [0.15, 0.2) is 9.84 Å². The van der Waals surface area contributed by atoms with Gasteiger partial charge in [0.05, 0.1) is 27.8 Å². The van der Waals surface area contributed by atoms with Gasteiger partial charge in [-0.05, 0) is 12.1 Å². The van der Waals surface area contributed by atoms with Crippen molar-refractivity contribution in [2.75, 3.05) is 10.8 Å². The van der Waals surface area contributed by atoms with Gasteiger partial charge in [-0.1, -0.05) is 18.2 Å². The van der Waals surface area contributed by atoms with Crippen molar-refractivity contribution in [2.45, 2.75) is 6.42 Å². The summed E-state index contributed by atoms with van der Waals surface area (Å²) in [6, 6.07) is 8.74. The third-order valence-electron chi connectivity index (χ3n) is 2.31. The van der Waals surface area contributed by atoms with Crippen LogP contribution in [-0.2, 0) is 9.84 Å². The first kappa shape index (κ1) is 10.8. The Morgan fingerprint density at radius 3 is 2.38 bits per heavy atom. The maximum Gasteiger partial charge on any atom is 0.173 e. The maximum absolute atomic E-state index is 11.2. The highest BCUT2D eigenvalue weighted by Crippen LogP contribution is 2.26. The highest BCUT2D eigenvalue weighted by Gasteiger charge is 2.24. The number of sulfone groups is 1. The Kier molecular flexibility index (Phi) is 2.74. The highest BCUT2D eigenvalue weighted by molar-refractivity contribution is 7.94. The zero-order chi connectivity index (χ0) is 11.6. The summed E-state index contributed by atoms with van der Waals surface area (Å²) in [7, 11) is -3.16. The van der Waals surface area contributed by atoms with Crippen molar-refractivity contribution < 1.29 is 8.42 Å². The number of allylic oxidation sites excluding steroid dienone is 1. The normalized spacial score (nSPS) is 17.9. The van der Waals surface area contributed by atoms with Crippen molar-refractivity contribution in [1.82, 2.24) is 0 Å². The summed E-state index contributed by atoms with van der Waals surface area (Å²) >= 11 is 0. The Morgan fingerprint density at radius 1 is 1.19 bits per heavy atom. The molecule has 0 aliphatic carbocycles. The van der Waals surface area contributed by atoms with E-state index in [9.17, 15) is 13.3 Å². The fourth-order valence-electron chi connectivity index (χ4n) is 1.56. The first-order valence-electron chi connectivity index (χ1n) is 4.74. The second kappa shape index (κ2) is 4.05. The predicted molar refractivity (Wildman–Crippen MR) is 61.2 cm³/mol. The molecule has 0 saturated heterocycles. The summed E-state index contributed by atoms with van der Waals surface area (Å²) in [4.78, 5) is 10.7. The van der Waals surface area contributed by atoms with Crippen molar-refractivity contribution in [2.24, 2.45) is 5.29 Å². The van der Waals surface area contributed by atoms with Crippen LogP contribution >= 0.6 is 0 Å². The van der Waals surface area contributed by atoms with E-state index in [2.05, 4.69) is 5.29 Å². The van der Waals surface area contributed by atoms with Crippen LogP contribution in [0, 0.1) is 4.91 Å². The fourth-order valence-corrected chi connectivity index (χ4v) is 2.81. The van der Waals surface area contributed by atoms with Gasteiger partial charge in [-0.25, -0.2) is 13.4 Å². The predicted octanol–water partition coefficient (Wildman–Crippen LogP) is 1.83. The second-order valence-electron chi connectivity index (χ2n) is 3.46. The number of nitroso groups, excluding NO2 is 1. The maximum atomic E-state index is 11.2. The lowest BCUT2D eigenvalue weighted by Crippen LogP contribution is -2.13. The smallest absolute Gasteiger partial charge is 0.173 e. The lowest BCUT2D eigenvalue weighted by atomic mass is 10.3. The molecule has 6 heteroatoms. The molecule has 84 valence electrons. The van der Waals surface area contributed by atoms with E-state index in [1.807, 2.05) is 6.07 Å². The number of anilines is 1. The van der Waals surface area contributed by atoms with E-state index in [1.54, 1.807) is 24.3 Å². The molecule has 2 rings (SSSR count). The molecule has 0 N–H and O–H groups in total. The molecular formula is C10H10N2O3S. The molecule has 0 saturated carbocycles. The van der Waals surface area contributed by atoms with Gasteiger partial charge in [0.1, 0.15) is 0 Å². The lowest BCUT2D eigenvalue weighted by Gasteiger charge is -2.14. The molecule has 1 aromatic rings. The van der Waals surface area contributed by atoms with E-state index in [0.717, 1.165) is 10.4 Å². The third kappa shape index (κ3) is 2.11. The molecule has 0 fully saturated rings. The molecular weight excluding hydrogens is 228 g/mol. The summed E-state index contributed by atoms with van der Waals surface area (Å²) in [5.74, 6) is 0.0428. The average molecular weight is 238 g/mol. The monoisotopic (exact) mass is 238 g/mol. The minimum Gasteiger partial charge on any atom is -0.224 e. The molecule has 0 unspecified atom stereocenters. The van der Waals surface area contributed by atoms with Gasteiger partial charge in [0.25, 0.3) is 0 Å². The van der Waals surface area contributed by atoms with Crippen LogP contribution in [0.5, 0.6) is 0 Å². The standard InChI is InChI=1S/C10H10N2O3S/c13-11-12(9-4-2-1-3-5-9)10-6-7-16(14,15)8-10/h1-5,8H,6-7H2. The first-order chi connectivity index (χ1) is 7.62. The Balaban J connectivity index is 2.36. The Hall–Kier alpha value is -1.69. The van der Waals surface area contributed by atoms with E-state index in [0.29, 0.717) is 17.8 Å². The second-order valence-corrected chi connectivity index (χ2v) is 5.42. The highest BCUT2D eigenvalue weighted by atomic mass is 32.2. The number of nitrogens with zero attached hydrogens (tertiary/aromatic N) is 2. The zero-order valence-corrected chi connectivity index (χ0v) is 9.22. The number of benzene rings is 1. The number of hydrogen-bond acceptors (Lipinski definition) is 4. The van der Waals surface area contributed by atoms with Gasteiger partial charge in [0, 0.05) is 6.42 Å². The molecule has 0 radical (unpaired) electrons. The molecule has 0 spiro atoms. The molecule has 5 nitrogen and oxygen atoms in total. The zero-order valence-electron chi connectivity index (χ0n) is 8.41. The van der Waals surface area contributed by atoms with Crippen LogP contribution in [0.3, 0.4) is 0 Å². The van der Waals surface area contributed by atoms with Gasteiger partial charge in [-0.2, -0.15) is 0 Å². The van der Waals surface area contributed by atoms with Crippen LogP contribution < -0.4 is 5.01 Å². The molecule has 0 aromatic heterocycles. The van der Waals surface area contributed by atoms with Crippen LogP contribution in [0.25, 0.3) is 0 Å². The SMILES string of the molecule is O=NN(C1=CS(=O)(=O)CC1)c1ccccc1. The molecule has 16 heavy (non-hydrogen) atoms. The molecule has 1 aliphatic heterocycles. The Bertz CT molecular complexity index is 522. The molecule has 0 atom stereocenters. The van der Waals surface area contributed by atoms with Crippen molar-refractivity contribution >= 4 is 15.5 Å². The van der Waals surface area contributed by atoms with E-state index in [4.69, 9.17) is 0 Å². The average Bonchev–Trinajstić information content (AvgIpc) is 2.62. The van der Waals surface area contributed by atoms with Crippen LogP contribution in [0.1, 0.15) is 6.42 Å². The van der Waals surface area contributed by atoms with Crippen LogP contribution in [0.4, 0.5) is 5.69 Å². The number of para-hydroxylation sites is 1. The first-order valence-corrected chi connectivity index (χ1v) is 6.46. The molecule has 0 amide bonds. The van der Waals surface area contributed by atoms with Gasteiger partial charge in [-0.3, -0.25) is 0 Å². The van der Waals surface area contributed by atoms with Crippen LogP contribution in [0.15, 0.2) is 46.7 Å². The quantitative estimate of drug-likeness (QED) is 0.595. The summed E-state index contributed by atoms with van der Waals surface area (Å²) in [6.07, 6.45) is 0.322. The summed E-state index contributed by atoms with van der Waals surface area (Å²) in [6.45, 7) is 0. The Labute approximate surface area is 93.2 Å². The van der Waals surface area contributed by atoms with Crippen molar-refractivity contribution in [3.05, 3.63) is 46.3 Å². The van der Waals surface area contributed by atoms with Crippen molar-refractivity contribution in [3.63, 3.8) is 0 Å². The summed E-state index contributed by atoms with van der Waals surface area (Å²) in [5, 5.41) is 5.08. The molecule has 1 aliphatic rings.